The molecule has 0 aromatic carbocycles. The maximum atomic E-state index is 11.9. The number of aliphatic carboxylic acids is 1. The van der Waals surface area contributed by atoms with Gasteiger partial charge in [0, 0.05) is 6.04 Å². The van der Waals surface area contributed by atoms with Gasteiger partial charge in [-0.3, -0.25) is 9.59 Å². The molecule has 1 aliphatic carbocycles. The van der Waals surface area contributed by atoms with Crippen LogP contribution in [0.4, 0.5) is 0 Å². The van der Waals surface area contributed by atoms with E-state index >= 15 is 0 Å². The molecule has 0 saturated heterocycles. The van der Waals surface area contributed by atoms with E-state index in [-0.39, 0.29) is 23.3 Å². The standard InChI is InChI=1S/C14H25NO3/c1-9(7-8-14(2,3)4)15-12(16)10-5-6-11(10)13(17)18/h9-11H,5-8H2,1-4H3,(H,15,16)(H,17,18). The second kappa shape index (κ2) is 5.72. The summed E-state index contributed by atoms with van der Waals surface area (Å²) in [5.74, 6) is -1.72. The Morgan fingerprint density at radius 3 is 2.22 bits per heavy atom. The Morgan fingerprint density at radius 1 is 1.28 bits per heavy atom. The maximum Gasteiger partial charge on any atom is 0.307 e. The van der Waals surface area contributed by atoms with E-state index < -0.39 is 11.9 Å². The van der Waals surface area contributed by atoms with Crippen LogP contribution in [0, 0.1) is 17.3 Å². The highest BCUT2D eigenvalue weighted by molar-refractivity contribution is 5.86. The second-order valence-corrected chi connectivity index (χ2v) is 6.64. The minimum atomic E-state index is -0.844. The van der Waals surface area contributed by atoms with Gasteiger partial charge in [-0.1, -0.05) is 20.8 Å². The Labute approximate surface area is 109 Å². The number of nitrogens with one attached hydrogen (secondary N) is 1. The molecule has 3 unspecified atom stereocenters. The van der Waals surface area contributed by atoms with E-state index in [4.69, 9.17) is 5.11 Å². The largest absolute Gasteiger partial charge is 0.481 e. The summed E-state index contributed by atoms with van der Waals surface area (Å²) in [4.78, 5) is 22.8. The van der Waals surface area contributed by atoms with Crippen LogP contribution in [0.25, 0.3) is 0 Å². The summed E-state index contributed by atoms with van der Waals surface area (Å²) in [6, 6.07) is 0.117. The molecule has 3 atom stereocenters. The number of hydrogen-bond donors (Lipinski definition) is 2. The van der Waals surface area contributed by atoms with Crippen molar-refractivity contribution in [3.63, 3.8) is 0 Å². The minimum Gasteiger partial charge on any atom is -0.481 e. The molecule has 1 aliphatic rings. The molecule has 0 aromatic rings. The topological polar surface area (TPSA) is 66.4 Å². The highest BCUT2D eigenvalue weighted by Gasteiger charge is 2.41. The van der Waals surface area contributed by atoms with Gasteiger partial charge in [0.05, 0.1) is 11.8 Å². The molecule has 4 nitrogen and oxygen atoms in total. The molecule has 18 heavy (non-hydrogen) atoms. The number of carboxylic acid groups (broad SMARTS) is 1. The molecule has 2 N–H and O–H groups in total. The highest BCUT2D eigenvalue weighted by atomic mass is 16.4. The molecule has 1 amide bonds. The fourth-order valence-electron chi connectivity index (χ4n) is 2.18. The average molecular weight is 255 g/mol. The fraction of sp³-hybridized carbons (Fsp3) is 0.857. The molecular weight excluding hydrogens is 230 g/mol. The molecular formula is C14H25NO3. The first-order chi connectivity index (χ1) is 8.20. The molecule has 104 valence electrons. The van der Waals surface area contributed by atoms with Crippen LogP contribution in [0.3, 0.4) is 0 Å². The third-order valence-corrected chi connectivity index (χ3v) is 3.64. The van der Waals surface area contributed by atoms with Crippen molar-refractivity contribution in [2.75, 3.05) is 0 Å². The van der Waals surface area contributed by atoms with Crippen molar-refractivity contribution in [1.82, 2.24) is 5.32 Å². The van der Waals surface area contributed by atoms with E-state index in [9.17, 15) is 9.59 Å². The lowest BCUT2D eigenvalue weighted by Gasteiger charge is -2.33. The van der Waals surface area contributed by atoms with E-state index in [1.165, 1.54) is 0 Å². The Hall–Kier alpha value is -1.06. The fourth-order valence-corrected chi connectivity index (χ4v) is 2.18. The van der Waals surface area contributed by atoms with E-state index in [0.29, 0.717) is 12.8 Å². The van der Waals surface area contributed by atoms with Crippen LogP contribution in [0.5, 0.6) is 0 Å². The summed E-state index contributed by atoms with van der Waals surface area (Å²) in [5.41, 5.74) is 0.263. The molecule has 0 radical (unpaired) electrons. The summed E-state index contributed by atoms with van der Waals surface area (Å²) in [7, 11) is 0. The van der Waals surface area contributed by atoms with Crippen LogP contribution >= 0.6 is 0 Å². The number of amides is 1. The summed E-state index contributed by atoms with van der Waals surface area (Å²) in [5, 5.41) is 11.9. The van der Waals surface area contributed by atoms with E-state index in [1.54, 1.807) is 0 Å². The van der Waals surface area contributed by atoms with E-state index in [2.05, 4.69) is 26.1 Å². The number of carbonyl (C=O) groups excluding carboxylic acids is 1. The van der Waals surface area contributed by atoms with Crippen molar-refractivity contribution < 1.29 is 14.7 Å². The van der Waals surface area contributed by atoms with Crippen LogP contribution < -0.4 is 5.32 Å². The van der Waals surface area contributed by atoms with Gasteiger partial charge in [0.2, 0.25) is 5.91 Å². The SMILES string of the molecule is CC(CCC(C)(C)C)NC(=O)C1CCC1C(=O)O. The van der Waals surface area contributed by atoms with Gasteiger partial charge in [0.1, 0.15) is 0 Å². The third-order valence-electron chi connectivity index (χ3n) is 3.64. The van der Waals surface area contributed by atoms with Gasteiger partial charge in [-0.05, 0) is 38.0 Å². The average Bonchev–Trinajstić information content (AvgIpc) is 2.10. The third kappa shape index (κ3) is 4.31. The lowest BCUT2D eigenvalue weighted by molar-refractivity contribution is -0.152. The van der Waals surface area contributed by atoms with Crippen molar-refractivity contribution in [3.05, 3.63) is 0 Å². The van der Waals surface area contributed by atoms with Crippen molar-refractivity contribution in [2.24, 2.45) is 17.3 Å². The minimum absolute atomic E-state index is 0.0879. The zero-order chi connectivity index (χ0) is 13.9. The highest BCUT2D eigenvalue weighted by Crippen LogP contribution is 2.34. The first-order valence-electron chi connectivity index (χ1n) is 6.74. The smallest absolute Gasteiger partial charge is 0.307 e. The van der Waals surface area contributed by atoms with Crippen LogP contribution in [0.2, 0.25) is 0 Å². The van der Waals surface area contributed by atoms with Gasteiger partial charge < -0.3 is 10.4 Å². The Balaban J connectivity index is 2.34. The molecule has 1 fully saturated rings. The van der Waals surface area contributed by atoms with Crippen LogP contribution in [-0.4, -0.2) is 23.0 Å². The predicted molar refractivity (Wildman–Crippen MR) is 70.1 cm³/mol. The predicted octanol–water partition coefficient (Wildman–Crippen LogP) is 2.43. The maximum absolute atomic E-state index is 11.9. The molecule has 0 aromatic heterocycles. The summed E-state index contributed by atoms with van der Waals surface area (Å²) in [6.07, 6.45) is 3.31. The van der Waals surface area contributed by atoms with Crippen molar-refractivity contribution in [1.29, 1.82) is 0 Å². The lowest BCUT2D eigenvalue weighted by Crippen LogP contribution is -2.46. The molecule has 0 bridgehead atoms. The molecule has 0 heterocycles. The van der Waals surface area contributed by atoms with Gasteiger partial charge in [0.25, 0.3) is 0 Å². The number of rotatable bonds is 5. The van der Waals surface area contributed by atoms with Crippen molar-refractivity contribution >= 4 is 11.9 Å². The van der Waals surface area contributed by atoms with Gasteiger partial charge in [-0.2, -0.15) is 0 Å². The molecule has 4 heteroatoms. The summed E-state index contributed by atoms with van der Waals surface area (Å²) < 4.78 is 0. The van der Waals surface area contributed by atoms with E-state index in [0.717, 1.165) is 12.8 Å². The van der Waals surface area contributed by atoms with Crippen molar-refractivity contribution in [3.8, 4) is 0 Å². The quantitative estimate of drug-likeness (QED) is 0.793. The van der Waals surface area contributed by atoms with Crippen LogP contribution in [0.15, 0.2) is 0 Å². The Morgan fingerprint density at radius 2 is 1.83 bits per heavy atom. The number of carbonyl (C=O) groups is 2. The lowest BCUT2D eigenvalue weighted by atomic mass is 9.73. The van der Waals surface area contributed by atoms with Gasteiger partial charge in [0.15, 0.2) is 0 Å². The first kappa shape index (κ1) is 15.0. The molecule has 1 rings (SSSR count). The van der Waals surface area contributed by atoms with Gasteiger partial charge in [-0.15, -0.1) is 0 Å². The number of hydrogen-bond acceptors (Lipinski definition) is 2. The van der Waals surface area contributed by atoms with Gasteiger partial charge in [-0.25, -0.2) is 0 Å². The Kier molecular flexibility index (Phi) is 4.77. The van der Waals surface area contributed by atoms with Crippen LogP contribution in [0.1, 0.15) is 53.4 Å². The zero-order valence-corrected chi connectivity index (χ0v) is 11.8. The van der Waals surface area contributed by atoms with E-state index in [1.807, 2.05) is 6.92 Å². The summed E-state index contributed by atoms with van der Waals surface area (Å²) >= 11 is 0. The molecule has 0 spiro atoms. The van der Waals surface area contributed by atoms with Gasteiger partial charge >= 0.3 is 5.97 Å². The number of carboxylic acids is 1. The normalized spacial score (nSPS) is 25.1. The second-order valence-electron chi connectivity index (χ2n) is 6.64. The first-order valence-corrected chi connectivity index (χ1v) is 6.74. The molecule has 0 aliphatic heterocycles. The molecule has 1 saturated carbocycles. The van der Waals surface area contributed by atoms with Crippen LogP contribution in [-0.2, 0) is 9.59 Å². The monoisotopic (exact) mass is 255 g/mol. The summed E-state index contributed by atoms with van der Waals surface area (Å²) in [6.45, 7) is 8.51. The Bertz CT molecular complexity index is 319. The zero-order valence-electron chi connectivity index (χ0n) is 11.8. The van der Waals surface area contributed by atoms with Crippen molar-refractivity contribution in [2.45, 2.75) is 59.4 Å².